The summed E-state index contributed by atoms with van der Waals surface area (Å²) in [6, 6.07) is 8.31. The molecule has 0 aliphatic carbocycles. The molecule has 0 radical (unpaired) electrons. The second-order valence-corrected chi connectivity index (χ2v) is 5.55. The van der Waals surface area contributed by atoms with Crippen LogP contribution in [0.15, 0.2) is 41.6 Å². The average molecular weight is 286 g/mol. The monoisotopic (exact) mass is 286 g/mol. The van der Waals surface area contributed by atoms with Crippen LogP contribution in [0.4, 0.5) is 5.82 Å². The highest BCUT2D eigenvalue weighted by atomic mass is 32.2. The Morgan fingerprint density at radius 2 is 1.90 bits per heavy atom. The molecular formula is C15H18N4S. The van der Waals surface area contributed by atoms with Crippen molar-refractivity contribution >= 4 is 17.6 Å². The lowest BCUT2D eigenvalue weighted by molar-refractivity contribution is 0.584. The van der Waals surface area contributed by atoms with Gasteiger partial charge in [-0.1, -0.05) is 18.2 Å². The second-order valence-electron chi connectivity index (χ2n) is 4.70. The molecule has 2 aromatic rings. The zero-order valence-electron chi connectivity index (χ0n) is 11.5. The fraction of sp³-hybridized carbons (Fsp3) is 0.333. The Morgan fingerprint density at radius 3 is 2.60 bits per heavy atom. The minimum absolute atomic E-state index is 0.939. The molecule has 4 nitrogen and oxygen atoms in total. The summed E-state index contributed by atoms with van der Waals surface area (Å²) in [7, 11) is 0. The summed E-state index contributed by atoms with van der Waals surface area (Å²) < 4.78 is 0. The first kappa shape index (κ1) is 13.4. The van der Waals surface area contributed by atoms with Crippen LogP contribution in [0.25, 0.3) is 11.3 Å². The number of benzene rings is 1. The number of anilines is 1. The van der Waals surface area contributed by atoms with Crippen LogP contribution in [0.1, 0.15) is 0 Å². The van der Waals surface area contributed by atoms with E-state index in [9.17, 15) is 0 Å². The van der Waals surface area contributed by atoms with Crippen LogP contribution >= 0.6 is 11.8 Å². The zero-order valence-corrected chi connectivity index (χ0v) is 12.4. The summed E-state index contributed by atoms with van der Waals surface area (Å²) in [6.45, 7) is 4.02. The van der Waals surface area contributed by atoms with Crippen molar-refractivity contribution in [3.8, 4) is 11.3 Å². The Morgan fingerprint density at radius 1 is 1.10 bits per heavy atom. The van der Waals surface area contributed by atoms with Gasteiger partial charge in [-0.15, -0.1) is 11.8 Å². The number of piperazine rings is 1. The fourth-order valence-electron chi connectivity index (χ4n) is 2.37. The molecule has 1 saturated heterocycles. The predicted octanol–water partition coefficient (Wildman–Crippen LogP) is 2.28. The third-order valence-electron chi connectivity index (χ3n) is 3.46. The number of aromatic nitrogens is 2. The maximum absolute atomic E-state index is 4.59. The van der Waals surface area contributed by atoms with Crippen molar-refractivity contribution in [2.24, 2.45) is 0 Å². The van der Waals surface area contributed by atoms with E-state index in [1.54, 1.807) is 11.8 Å². The van der Waals surface area contributed by atoms with E-state index in [2.05, 4.69) is 44.6 Å². The smallest absolute Gasteiger partial charge is 0.147 e. The third kappa shape index (κ3) is 2.78. The quantitative estimate of drug-likeness (QED) is 0.877. The summed E-state index contributed by atoms with van der Waals surface area (Å²) in [5, 5.41) is 3.34. The summed E-state index contributed by atoms with van der Waals surface area (Å²) >= 11 is 1.74. The molecule has 1 N–H and O–H groups in total. The fourth-order valence-corrected chi connectivity index (χ4v) is 2.98. The lowest BCUT2D eigenvalue weighted by Gasteiger charge is -2.28. The van der Waals surface area contributed by atoms with Crippen LogP contribution in [0.2, 0.25) is 0 Å². The highest BCUT2D eigenvalue weighted by molar-refractivity contribution is 7.98. The van der Waals surface area contributed by atoms with Gasteiger partial charge in [-0.2, -0.15) is 0 Å². The topological polar surface area (TPSA) is 41.1 Å². The van der Waals surface area contributed by atoms with E-state index < -0.39 is 0 Å². The van der Waals surface area contributed by atoms with Crippen molar-refractivity contribution in [3.63, 3.8) is 0 Å². The van der Waals surface area contributed by atoms with E-state index in [-0.39, 0.29) is 0 Å². The first-order valence-corrected chi connectivity index (χ1v) is 8.02. The van der Waals surface area contributed by atoms with Crippen molar-refractivity contribution in [2.75, 3.05) is 37.3 Å². The number of hydrogen-bond donors (Lipinski definition) is 1. The van der Waals surface area contributed by atoms with Gasteiger partial charge in [-0.25, -0.2) is 4.98 Å². The van der Waals surface area contributed by atoms with E-state index in [1.807, 2.05) is 18.5 Å². The number of nitrogens with zero attached hydrogens (tertiary/aromatic N) is 3. The van der Waals surface area contributed by atoms with Gasteiger partial charge in [0.25, 0.3) is 0 Å². The predicted molar refractivity (Wildman–Crippen MR) is 84.3 cm³/mol. The Balaban J connectivity index is 1.85. The zero-order chi connectivity index (χ0) is 13.8. The second kappa shape index (κ2) is 6.24. The number of hydrogen-bond acceptors (Lipinski definition) is 5. The summed E-state index contributed by atoms with van der Waals surface area (Å²) in [4.78, 5) is 12.7. The molecule has 20 heavy (non-hydrogen) atoms. The number of thioether (sulfide) groups is 1. The highest BCUT2D eigenvalue weighted by Crippen LogP contribution is 2.28. The van der Waals surface area contributed by atoms with Gasteiger partial charge >= 0.3 is 0 Å². The van der Waals surface area contributed by atoms with E-state index in [0.29, 0.717) is 0 Å². The van der Waals surface area contributed by atoms with Crippen molar-refractivity contribution in [1.29, 1.82) is 0 Å². The van der Waals surface area contributed by atoms with Gasteiger partial charge in [0.15, 0.2) is 0 Å². The van der Waals surface area contributed by atoms with Crippen LogP contribution < -0.4 is 10.2 Å². The van der Waals surface area contributed by atoms with Crippen molar-refractivity contribution < 1.29 is 0 Å². The van der Waals surface area contributed by atoms with Gasteiger partial charge in [0.1, 0.15) is 5.82 Å². The molecule has 1 aromatic heterocycles. The first-order chi connectivity index (χ1) is 9.88. The van der Waals surface area contributed by atoms with E-state index in [1.165, 1.54) is 4.90 Å². The van der Waals surface area contributed by atoms with Crippen molar-refractivity contribution in [3.05, 3.63) is 36.7 Å². The van der Waals surface area contributed by atoms with Crippen LogP contribution in [-0.2, 0) is 0 Å². The van der Waals surface area contributed by atoms with Crippen LogP contribution in [0.3, 0.4) is 0 Å². The first-order valence-electron chi connectivity index (χ1n) is 6.79. The summed E-state index contributed by atoms with van der Waals surface area (Å²) in [6.07, 6.45) is 5.85. The summed E-state index contributed by atoms with van der Waals surface area (Å²) in [5.74, 6) is 0.969. The third-order valence-corrected chi connectivity index (χ3v) is 4.26. The van der Waals surface area contributed by atoms with Gasteiger partial charge in [0.05, 0.1) is 18.1 Å². The molecular weight excluding hydrogens is 268 g/mol. The number of rotatable bonds is 3. The molecule has 1 fully saturated rings. The lowest BCUT2D eigenvalue weighted by atomic mass is 10.1. The normalized spacial score (nSPS) is 15.3. The van der Waals surface area contributed by atoms with E-state index in [0.717, 1.165) is 43.3 Å². The minimum atomic E-state index is 0.939. The van der Waals surface area contributed by atoms with Crippen LogP contribution in [-0.4, -0.2) is 42.4 Å². The van der Waals surface area contributed by atoms with Gasteiger partial charge in [-0.05, 0) is 12.3 Å². The van der Waals surface area contributed by atoms with Crippen LogP contribution in [0.5, 0.6) is 0 Å². The maximum atomic E-state index is 4.59. The van der Waals surface area contributed by atoms with E-state index >= 15 is 0 Å². The molecule has 0 saturated carbocycles. The highest BCUT2D eigenvalue weighted by Gasteiger charge is 2.12. The van der Waals surface area contributed by atoms with Crippen LogP contribution in [0, 0.1) is 0 Å². The molecule has 0 amide bonds. The average Bonchev–Trinajstić information content (AvgIpc) is 2.56. The summed E-state index contributed by atoms with van der Waals surface area (Å²) in [5.41, 5.74) is 2.09. The molecule has 0 bridgehead atoms. The van der Waals surface area contributed by atoms with Crippen molar-refractivity contribution in [2.45, 2.75) is 4.90 Å². The van der Waals surface area contributed by atoms with Gasteiger partial charge in [-0.3, -0.25) is 4.98 Å². The minimum Gasteiger partial charge on any atom is -0.353 e. The van der Waals surface area contributed by atoms with E-state index in [4.69, 9.17) is 0 Å². The molecule has 5 heteroatoms. The molecule has 1 aliphatic rings. The maximum Gasteiger partial charge on any atom is 0.147 e. The SMILES string of the molecule is CSc1ccccc1-c1cnc(N2CCNCC2)cn1. The van der Waals surface area contributed by atoms with Gasteiger partial charge in [0, 0.05) is 36.6 Å². The Bertz CT molecular complexity index is 564. The molecule has 1 aromatic carbocycles. The lowest BCUT2D eigenvalue weighted by Crippen LogP contribution is -2.43. The standard InChI is InChI=1S/C15H18N4S/c1-20-14-5-3-2-4-12(14)13-10-18-15(11-17-13)19-8-6-16-7-9-19/h2-5,10-11,16H,6-9H2,1H3. The van der Waals surface area contributed by atoms with Gasteiger partial charge in [0.2, 0.25) is 0 Å². The molecule has 0 spiro atoms. The molecule has 3 rings (SSSR count). The molecule has 104 valence electrons. The number of nitrogens with one attached hydrogen (secondary N) is 1. The van der Waals surface area contributed by atoms with Gasteiger partial charge < -0.3 is 10.2 Å². The Hall–Kier alpha value is -1.59. The Kier molecular flexibility index (Phi) is 4.18. The van der Waals surface area contributed by atoms with Crippen molar-refractivity contribution in [1.82, 2.24) is 15.3 Å². The Labute approximate surface area is 123 Å². The molecule has 1 aliphatic heterocycles. The largest absolute Gasteiger partial charge is 0.353 e. The molecule has 2 heterocycles. The molecule has 0 atom stereocenters. The molecule has 0 unspecified atom stereocenters.